The summed E-state index contributed by atoms with van der Waals surface area (Å²) in [5, 5.41) is 3.52. The molecule has 0 radical (unpaired) electrons. The van der Waals surface area contributed by atoms with Crippen molar-refractivity contribution in [2.24, 2.45) is 0 Å². The Labute approximate surface area is 152 Å². The Balaban J connectivity index is 1.88. The predicted octanol–water partition coefficient (Wildman–Crippen LogP) is 1.44. The van der Waals surface area contributed by atoms with E-state index in [0.29, 0.717) is 47.9 Å². The first-order valence-corrected chi connectivity index (χ1v) is 8.44. The van der Waals surface area contributed by atoms with Crippen molar-refractivity contribution in [1.29, 1.82) is 0 Å². The normalized spacial score (nSPS) is 17.3. The van der Waals surface area contributed by atoms with Crippen molar-refractivity contribution in [1.82, 2.24) is 14.9 Å². The van der Waals surface area contributed by atoms with Crippen LogP contribution in [0.25, 0.3) is 10.9 Å². The number of hydrogen-bond donors (Lipinski definition) is 2. The molecule has 2 heterocycles. The molecule has 1 aromatic heterocycles. The van der Waals surface area contributed by atoms with Gasteiger partial charge >= 0.3 is 0 Å². The summed E-state index contributed by atoms with van der Waals surface area (Å²) in [7, 11) is 3.87. The Kier molecular flexibility index (Phi) is 5.65. The van der Waals surface area contributed by atoms with E-state index in [0.717, 1.165) is 6.42 Å². The largest absolute Gasteiger partial charge is 0.486 e. The molecule has 1 aromatic carbocycles. The first-order chi connectivity index (χ1) is 12.5. The number of likely N-dealkylation sites (N-methyl/N-ethyl adjacent to an activating group) is 1. The molecule has 0 saturated carbocycles. The maximum absolute atomic E-state index is 12.2. The number of aromatic nitrogens is 2. The average molecular weight is 357 g/mol. The van der Waals surface area contributed by atoms with Crippen LogP contribution < -0.4 is 15.8 Å². The summed E-state index contributed by atoms with van der Waals surface area (Å²) in [4.78, 5) is 22.4. The highest BCUT2D eigenvalue weighted by atomic mass is 16.5. The Bertz CT molecular complexity index is 816. The number of hydrogen-bond acceptors (Lipinski definition) is 7. The third-order valence-electron chi connectivity index (χ3n) is 3.95. The van der Waals surface area contributed by atoms with Crippen LogP contribution in [0.5, 0.6) is 5.75 Å². The minimum atomic E-state index is -0.242. The average Bonchev–Trinajstić information content (AvgIpc) is 3.09. The Hall–Kier alpha value is -2.71. The number of nitrogens with zero attached hydrogens (tertiary/aromatic N) is 3. The monoisotopic (exact) mass is 357 g/mol. The molecule has 0 aliphatic carbocycles. The van der Waals surface area contributed by atoms with Crippen LogP contribution in [0.3, 0.4) is 0 Å². The standard InChI is InChI=1S/C18H23N5O3/c1-23(2)6-3-4-17(24)22-15-8-13-14(20-11-21-18(13)19)9-16(15)26-12-5-7-25-10-12/h3-4,8-9,11-12H,5-7,10H2,1-2H3,(H,22,24)(H2,19,20,21)/b4-3+/t12-/m1/s1. The smallest absolute Gasteiger partial charge is 0.248 e. The molecule has 1 saturated heterocycles. The number of carbonyl (C=O) groups excluding carboxylic acids is 1. The molecule has 0 bridgehead atoms. The first-order valence-electron chi connectivity index (χ1n) is 8.44. The van der Waals surface area contributed by atoms with E-state index in [9.17, 15) is 4.79 Å². The van der Waals surface area contributed by atoms with Gasteiger partial charge in [0.15, 0.2) is 0 Å². The van der Waals surface area contributed by atoms with Gasteiger partial charge in [-0.2, -0.15) is 0 Å². The third kappa shape index (κ3) is 4.47. The fourth-order valence-corrected chi connectivity index (χ4v) is 2.63. The van der Waals surface area contributed by atoms with Gasteiger partial charge in [-0.25, -0.2) is 9.97 Å². The number of carbonyl (C=O) groups is 1. The molecule has 2 aromatic rings. The van der Waals surface area contributed by atoms with Crippen LogP contribution in [-0.4, -0.2) is 60.7 Å². The number of fused-ring (bicyclic) bond motifs is 1. The number of amides is 1. The summed E-state index contributed by atoms with van der Waals surface area (Å²) in [6.07, 6.45) is 5.45. The molecule has 0 spiro atoms. The van der Waals surface area contributed by atoms with Gasteiger partial charge in [0.05, 0.1) is 24.4 Å². The summed E-state index contributed by atoms with van der Waals surface area (Å²) in [5.74, 6) is 0.652. The Morgan fingerprint density at radius 3 is 3.04 bits per heavy atom. The van der Waals surface area contributed by atoms with Crippen LogP contribution in [0, 0.1) is 0 Å². The highest BCUT2D eigenvalue weighted by Crippen LogP contribution is 2.33. The third-order valence-corrected chi connectivity index (χ3v) is 3.95. The number of nitrogen functional groups attached to an aromatic ring is 1. The van der Waals surface area contributed by atoms with Gasteiger partial charge in [-0.1, -0.05) is 6.08 Å². The second kappa shape index (κ2) is 8.11. The number of nitrogens with one attached hydrogen (secondary N) is 1. The van der Waals surface area contributed by atoms with Crippen LogP contribution in [0.2, 0.25) is 0 Å². The van der Waals surface area contributed by atoms with Crippen LogP contribution >= 0.6 is 0 Å². The zero-order valence-corrected chi connectivity index (χ0v) is 14.9. The lowest BCUT2D eigenvalue weighted by Gasteiger charge is -2.17. The maximum Gasteiger partial charge on any atom is 0.248 e. The van der Waals surface area contributed by atoms with Gasteiger partial charge in [0.2, 0.25) is 5.91 Å². The lowest BCUT2D eigenvalue weighted by molar-refractivity contribution is -0.111. The van der Waals surface area contributed by atoms with E-state index in [2.05, 4.69) is 15.3 Å². The molecule has 0 unspecified atom stereocenters. The minimum absolute atomic E-state index is 0.0495. The van der Waals surface area contributed by atoms with E-state index in [1.807, 2.05) is 19.0 Å². The van der Waals surface area contributed by atoms with Gasteiger partial charge in [0.1, 0.15) is 24.0 Å². The second-order valence-electron chi connectivity index (χ2n) is 6.38. The highest BCUT2D eigenvalue weighted by Gasteiger charge is 2.20. The fraction of sp³-hybridized carbons (Fsp3) is 0.389. The highest BCUT2D eigenvalue weighted by molar-refractivity contribution is 6.03. The topological polar surface area (TPSA) is 103 Å². The molecule has 1 fully saturated rings. The van der Waals surface area contributed by atoms with Crippen molar-refractivity contribution < 1.29 is 14.3 Å². The van der Waals surface area contributed by atoms with Crippen molar-refractivity contribution >= 4 is 28.3 Å². The quantitative estimate of drug-likeness (QED) is 0.754. The molecule has 1 amide bonds. The molecule has 3 rings (SSSR count). The summed E-state index contributed by atoms with van der Waals surface area (Å²) < 4.78 is 11.4. The van der Waals surface area contributed by atoms with Gasteiger partial charge in [-0.3, -0.25) is 4.79 Å². The second-order valence-corrected chi connectivity index (χ2v) is 6.38. The molecule has 8 nitrogen and oxygen atoms in total. The van der Waals surface area contributed by atoms with Crippen LogP contribution in [0.4, 0.5) is 11.5 Å². The molecular weight excluding hydrogens is 334 g/mol. The summed E-state index contributed by atoms with van der Waals surface area (Å²) >= 11 is 0. The zero-order chi connectivity index (χ0) is 18.5. The number of nitrogens with two attached hydrogens (primary N) is 1. The summed E-state index contributed by atoms with van der Waals surface area (Å²) in [6, 6.07) is 3.51. The Morgan fingerprint density at radius 2 is 2.31 bits per heavy atom. The minimum Gasteiger partial charge on any atom is -0.486 e. The number of ether oxygens (including phenoxy) is 2. The summed E-state index contributed by atoms with van der Waals surface area (Å²) in [5.41, 5.74) is 7.13. The molecule has 1 atom stereocenters. The molecule has 138 valence electrons. The number of benzene rings is 1. The van der Waals surface area contributed by atoms with Gasteiger partial charge in [0, 0.05) is 30.5 Å². The van der Waals surface area contributed by atoms with Crippen molar-refractivity contribution in [3.05, 3.63) is 30.6 Å². The van der Waals surface area contributed by atoms with Gasteiger partial charge in [-0.15, -0.1) is 0 Å². The molecule has 26 heavy (non-hydrogen) atoms. The SMILES string of the molecule is CN(C)C/C=C/C(=O)Nc1cc2c(N)ncnc2cc1O[C@@H]1CCOC1. The molecular formula is C18H23N5O3. The van der Waals surface area contributed by atoms with Crippen molar-refractivity contribution in [3.8, 4) is 5.75 Å². The molecule has 8 heteroatoms. The van der Waals surface area contributed by atoms with Crippen LogP contribution in [0.1, 0.15) is 6.42 Å². The van der Waals surface area contributed by atoms with E-state index in [1.54, 1.807) is 18.2 Å². The van der Waals surface area contributed by atoms with Crippen LogP contribution in [-0.2, 0) is 9.53 Å². The lowest BCUT2D eigenvalue weighted by Crippen LogP contribution is -2.18. The van der Waals surface area contributed by atoms with E-state index in [4.69, 9.17) is 15.2 Å². The fourth-order valence-electron chi connectivity index (χ4n) is 2.63. The van der Waals surface area contributed by atoms with Crippen molar-refractivity contribution in [2.45, 2.75) is 12.5 Å². The first kappa shape index (κ1) is 18.1. The van der Waals surface area contributed by atoms with E-state index in [1.165, 1.54) is 12.4 Å². The van der Waals surface area contributed by atoms with Gasteiger partial charge < -0.3 is 25.4 Å². The van der Waals surface area contributed by atoms with Crippen molar-refractivity contribution in [3.63, 3.8) is 0 Å². The Morgan fingerprint density at radius 1 is 1.46 bits per heavy atom. The predicted molar refractivity (Wildman–Crippen MR) is 100 cm³/mol. The van der Waals surface area contributed by atoms with Gasteiger partial charge in [0.25, 0.3) is 0 Å². The zero-order valence-electron chi connectivity index (χ0n) is 14.9. The molecule has 1 aliphatic heterocycles. The molecule has 3 N–H and O–H groups in total. The number of rotatable bonds is 6. The summed E-state index contributed by atoms with van der Waals surface area (Å²) in [6.45, 7) is 1.87. The number of anilines is 2. The lowest BCUT2D eigenvalue weighted by atomic mass is 10.2. The van der Waals surface area contributed by atoms with Gasteiger partial charge in [-0.05, 0) is 20.2 Å². The van der Waals surface area contributed by atoms with E-state index >= 15 is 0 Å². The maximum atomic E-state index is 12.2. The van der Waals surface area contributed by atoms with E-state index in [-0.39, 0.29) is 12.0 Å². The van der Waals surface area contributed by atoms with Crippen molar-refractivity contribution in [2.75, 3.05) is 44.9 Å². The van der Waals surface area contributed by atoms with E-state index < -0.39 is 0 Å². The van der Waals surface area contributed by atoms with Crippen LogP contribution in [0.15, 0.2) is 30.6 Å². The molecule has 1 aliphatic rings.